The van der Waals surface area contributed by atoms with Crippen LogP contribution in [0.15, 0.2) is 23.6 Å². The Bertz CT molecular complexity index is 612. The maximum atomic E-state index is 6.33. The number of halogens is 1. The first-order valence-electron chi connectivity index (χ1n) is 6.81. The van der Waals surface area contributed by atoms with E-state index in [4.69, 9.17) is 21.1 Å². The predicted octanol–water partition coefficient (Wildman–Crippen LogP) is 4.43. The predicted molar refractivity (Wildman–Crippen MR) is 89.1 cm³/mol. The Kier molecular flexibility index (Phi) is 5.51. The summed E-state index contributed by atoms with van der Waals surface area (Å²) >= 11 is 8.07. The lowest BCUT2D eigenvalue weighted by molar-refractivity contribution is 0.354. The number of ether oxygens (including phenoxy) is 2. The Hall–Kier alpha value is -1.23. The second-order valence-corrected chi connectivity index (χ2v) is 6.19. The van der Waals surface area contributed by atoms with Gasteiger partial charge in [0.1, 0.15) is 0 Å². The molecule has 0 saturated heterocycles. The van der Waals surface area contributed by atoms with E-state index in [1.165, 1.54) is 10.4 Å². The molecule has 114 valence electrons. The van der Waals surface area contributed by atoms with Gasteiger partial charge in [-0.1, -0.05) is 18.5 Å². The number of hydrogen-bond acceptors (Lipinski definition) is 4. The maximum absolute atomic E-state index is 6.33. The lowest BCUT2D eigenvalue weighted by Gasteiger charge is -2.21. The molecule has 21 heavy (non-hydrogen) atoms. The Labute approximate surface area is 134 Å². The van der Waals surface area contributed by atoms with E-state index in [9.17, 15) is 0 Å². The van der Waals surface area contributed by atoms with E-state index >= 15 is 0 Å². The molecule has 3 nitrogen and oxygen atoms in total. The normalized spacial score (nSPS) is 12.2. The van der Waals surface area contributed by atoms with E-state index in [2.05, 4.69) is 30.6 Å². The summed E-state index contributed by atoms with van der Waals surface area (Å²) in [5, 5.41) is 6.18. The van der Waals surface area contributed by atoms with Gasteiger partial charge < -0.3 is 14.8 Å². The van der Waals surface area contributed by atoms with Gasteiger partial charge in [-0.15, -0.1) is 11.3 Å². The molecule has 0 saturated carbocycles. The van der Waals surface area contributed by atoms with Crippen molar-refractivity contribution < 1.29 is 9.47 Å². The molecule has 2 aromatic rings. The highest BCUT2D eigenvalue weighted by molar-refractivity contribution is 7.10. The molecule has 0 spiro atoms. The van der Waals surface area contributed by atoms with Gasteiger partial charge in [0.15, 0.2) is 11.5 Å². The average Bonchev–Trinajstić information content (AvgIpc) is 2.89. The van der Waals surface area contributed by atoms with Crippen molar-refractivity contribution in [3.63, 3.8) is 0 Å². The zero-order valence-electron chi connectivity index (χ0n) is 12.7. The summed E-state index contributed by atoms with van der Waals surface area (Å²) in [6.45, 7) is 5.09. The molecule has 5 heteroatoms. The van der Waals surface area contributed by atoms with Crippen LogP contribution in [-0.2, 0) is 0 Å². The zero-order valence-corrected chi connectivity index (χ0v) is 14.3. The van der Waals surface area contributed by atoms with Gasteiger partial charge in [-0.05, 0) is 48.2 Å². The number of benzene rings is 1. The summed E-state index contributed by atoms with van der Waals surface area (Å²) in [5.41, 5.74) is 2.34. The molecular weight excluding hydrogens is 306 g/mol. The van der Waals surface area contributed by atoms with Crippen molar-refractivity contribution in [2.24, 2.45) is 0 Å². The lowest BCUT2D eigenvalue weighted by Crippen LogP contribution is -2.22. The third-order valence-electron chi connectivity index (χ3n) is 3.41. The molecule has 0 fully saturated rings. The van der Waals surface area contributed by atoms with Gasteiger partial charge in [0.2, 0.25) is 0 Å². The maximum Gasteiger partial charge on any atom is 0.179 e. The summed E-state index contributed by atoms with van der Waals surface area (Å²) in [5.74, 6) is 1.22. The molecule has 2 rings (SSSR count). The van der Waals surface area contributed by atoms with Crippen molar-refractivity contribution in [3.8, 4) is 11.5 Å². The number of rotatable bonds is 6. The second kappa shape index (κ2) is 7.16. The minimum Gasteiger partial charge on any atom is -0.493 e. The molecule has 1 aromatic heterocycles. The fraction of sp³-hybridized carbons (Fsp3) is 0.375. The van der Waals surface area contributed by atoms with Crippen molar-refractivity contribution in [3.05, 3.63) is 44.6 Å². The van der Waals surface area contributed by atoms with Crippen molar-refractivity contribution in [2.45, 2.75) is 19.9 Å². The smallest absolute Gasteiger partial charge is 0.179 e. The van der Waals surface area contributed by atoms with Gasteiger partial charge >= 0.3 is 0 Å². The molecule has 0 amide bonds. The molecule has 1 unspecified atom stereocenters. The fourth-order valence-electron chi connectivity index (χ4n) is 2.41. The van der Waals surface area contributed by atoms with Gasteiger partial charge in [-0.25, -0.2) is 0 Å². The number of nitrogens with one attached hydrogen (secondary N) is 1. The van der Waals surface area contributed by atoms with E-state index < -0.39 is 0 Å². The Morgan fingerprint density at radius 1 is 1.29 bits per heavy atom. The minimum absolute atomic E-state index is 0.0959. The Morgan fingerprint density at radius 2 is 2.05 bits per heavy atom. The first-order valence-corrected chi connectivity index (χ1v) is 8.06. The summed E-state index contributed by atoms with van der Waals surface area (Å²) < 4.78 is 10.7. The Balaban J connectivity index is 2.51. The first-order chi connectivity index (χ1) is 10.1. The summed E-state index contributed by atoms with van der Waals surface area (Å²) in [6, 6.07) is 6.17. The van der Waals surface area contributed by atoms with E-state index in [0.717, 1.165) is 12.1 Å². The van der Waals surface area contributed by atoms with Gasteiger partial charge in [-0.3, -0.25) is 0 Å². The molecular formula is C16H20ClNO2S. The third kappa shape index (κ3) is 3.34. The Morgan fingerprint density at radius 3 is 2.57 bits per heavy atom. The molecule has 0 radical (unpaired) electrons. The van der Waals surface area contributed by atoms with Crippen LogP contribution in [0.25, 0.3) is 0 Å². The largest absolute Gasteiger partial charge is 0.493 e. The van der Waals surface area contributed by atoms with Crippen molar-refractivity contribution >= 4 is 22.9 Å². The summed E-state index contributed by atoms with van der Waals surface area (Å²) in [4.78, 5) is 1.30. The van der Waals surface area contributed by atoms with Crippen LogP contribution in [0.1, 0.15) is 29.0 Å². The third-order valence-corrected chi connectivity index (χ3v) is 4.55. The number of aryl methyl sites for hydroxylation is 1. The van der Waals surface area contributed by atoms with Gasteiger partial charge in [-0.2, -0.15) is 0 Å². The molecule has 1 atom stereocenters. The summed E-state index contributed by atoms with van der Waals surface area (Å²) in [6.07, 6.45) is 0. The van der Waals surface area contributed by atoms with Crippen LogP contribution in [-0.4, -0.2) is 20.8 Å². The molecule has 1 aromatic carbocycles. The molecule has 0 aliphatic rings. The van der Waals surface area contributed by atoms with Crippen LogP contribution in [0, 0.1) is 6.92 Å². The summed E-state index contributed by atoms with van der Waals surface area (Å²) in [7, 11) is 3.21. The molecule has 0 aliphatic heterocycles. The molecule has 0 bridgehead atoms. The molecule has 1 N–H and O–H groups in total. The topological polar surface area (TPSA) is 30.5 Å². The molecule has 0 aliphatic carbocycles. The number of methoxy groups -OCH3 is 2. The lowest BCUT2D eigenvalue weighted by atomic mass is 9.99. The van der Waals surface area contributed by atoms with Crippen LogP contribution < -0.4 is 14.8 Å². The SMILES string of the molecule is CCNC(c1cc(Cl)c(OC)c(OC)c1)c1ccsc1C. The van der Waals surface area contributed by atoms with Crippen LogP contribution in [0.4, 0.5) is 0 Å². The second-order valence-electron chi connectivity index (χ2n) is 4.66. The van der Waals surface area contributed by atoms with Gasteiger partial charge in [0.05, 0.1) is 25.3 Å². The van der Waals surface area contributed by atoms with E-state index in [1.807, 2.05) is 12.1 Å². The monoisotopic (exact) mass is 325 g/mol. The van der Waals surface area contributed by atoms with E-state index in [-0.39, 0.29) is 6.04 Å². The first kappa shape index (κ1) is 16.1. The van der Waals surface area contributed by atoms with Crippen LogP contribution in [0.2, 0.25) is 5.02 Å². The van der Waals surface area contributed by atoms with Crippen LogP contribution >= 0.6 is 22.9 Å². The van der Waals surface area contributed by atoms with E-state index in [1.54, 1.807) is 25.6 Å². The standard InChI is InChI=1S/C16H20ClNO2S/c1-5-18-15(12-6-7-21-10(12)2)11-8-13(17)16(20-4)14(9-11)19-3/h6-9,15,18H,5H2,1-4H3. The molecule has 1 heterocycles. The van der Waals surface area contributed by atoms with Crippen molar-refractivity contribution in [1.82, 2.24) is 5.32 Å². The number of hydrogen-bond donors (Lipinski definition) is 1. The van der Waals surface area contributed by atoms with Crippen molar-refractivity contribution in [1.29, 1.82) is 0 Å². The minimum atomic E-state index is 0.0959. The van der Waals surface area contributed by atoms with Crippen molar-refractivity contribution in [2.75, 3.05) is 20.8 Å². The quantitative estimate of drug-likeness (QED) is 0.852. The van der Waals surface area contributed by atoms with E-state index in [0.29, 0.717) is 16.5 Å². The van der Waals surface area contributed by atoms with Gasteiger partial charge in [0, 0.05) is 4.88 Å². The highest BCUT2D eigenvalue weighted by Crippen LogP contribution is 2.39. The fourth-order valence-corrected chi connectivity index (χ4v) is 3.45. The average molecular weight is 326 g/mol. The zero-order chi connectivity index (χ0) is 15.4. The van der Waals surface area contributed by atoms with Crippen LogP contribution in [0.3, 0.4) is 0 Å². The number of thiophene rings is 1. The van der Waals surface area contributed by atoms with Gasteiger partial charge in [0.25, 0.3) is 0 Å². The highest BCUT2D eigenvalue weighted by Gasteiger charge is 2.20. The highest BCUT2D eigenvalue weighted by atomic mass is 35.5. The van der Waals surface area contributed by atoms with Crippen LogP contribution in [0.5, 0.6) is 11.5 Å².